The molecule has 1 aromatic heterocycles. The summed E-state index contributed by atoms with van der Waals surface area (Å²) in [7, 11) is 0. The fraction of sp³-hybridized carbons (Fsp3) is 0.273. The van der Waals surface area contributed by atoms with Crippen LogP contribution < -0.4 is 5.32 Å². The number of H-pyrrole nitrogens is 1. The Kier molecular flexibility index (Phi) is 5.48. The predicted molar refractivity (Wildman–Crippen MR) is 104 cm³/mol. The van der Waals surface area contributed by atoms with Crippen molar-refractivity contribution in [1.29, 1.82) is 0 Å². The largest absolute Gasteiger partial charge is 0.465 e. The van der Waals surface area contributed by atoms with E-state index in [1.54, 1.807) is 0 Å². The van der Waals surface area contributed by atoms with Gasteiger partial charge in [0.1, 0.15) is 17.5 Å². The van der Waals surface area contributed by atoms with E-state index in [2.05, 4.69) is 10.3 Å². The molecule has 1 amide bonds. The molecule has 2 N–H and O–H groups in total. The van der Waals surface area contributed by atoms with E-state index in [1.807, 2.05) is 0 Å². The third kappa shape index (κ3) is 3.90. The number of fused-ring (bicyclic) bond motifs is 1. The Labute approximate surface area is 170 Å². The monoisotopic (exact) mass is 416 g/mol. The highest BCUT2D eigenvalue weighted by Crippen LogP contribution is 2.34. The molecule has 2 aromatic carbocycles. The molecule has 2 heterocycles. The Morgan fingerprint density at radius 1 is 1.10 bits per heavy atom. The minimum atomic E-state index is -0.620. The first-order chi connectivity index (χ1) is 14.4. The molecule has 0 radical (unpaired) electrons. The molecule has 1 atom stereocenters. The van der Waals surface area contributed by atoms with Crippen LogP contribution in [0.25, 0.3) is 22.2 Å². The second-order valence-corrected chi connectivity index (χ2v) is 7.22. The summed E-state index contributed by atoms with van der Waals surface area (Å²) in [5.74, 6) is -2.67. The van der Waals surface area contributed by atoms with Gasteiger partial charge in [-0.3, -0.25) is 9.59 Å². The van der Waals surface area contributed by atoms with Crippen molar-refractivity contribution in [2.45, 2.75) is 19.3 Å². The van der Waals surface area contributed by atoms with Gasteiger partial charge in [0.2, 0.25) is 5.91 Å². The third-order valence-corrected chi connectivity index (χ3v) is 5.28. The zero-order valence-corrected chi connectivity index (χ0v) is 15.9. The SMILES string of the molecule is O=C(CCc1c(-c2ccc(F)cc2)[nH]c2c(F)ccc(F)c12)NCC1CCOC1=O. The molecular weight excluding hydrogens is 397 g/mol. The highest BCUT2D eigenvalue weighted by Gasteiger charge is 2.27. The maximum atomic E-state index is 14.5. The Balaban J connectivity index is 1.59. The smallest absolute Gasteiger partial charge is 0.310 e. The number of aromatic nitrogens is 1. The molecular formula is C22H19F3N2O3. The fourth-order valence-electron chi connectivity index (χ4n) is 3.69. The second kappa shape index (κ2) is 8.22. The Bertz CT molecular complexity index is 1110. The standard InChI is InChI=1S/C22H19F3N2O3/c23-14-3-1-12(2-4-14)20-15(19-16(24)6-7-17(25)21(19)27-20)5-8-18(28)26-11-13-9-10-30-22(13)29/h1-4,6-7,13,27H,5,8-11H2,(H,26,28). The molecule has 0 spiro atoms. The van der Waals surface area contributed by atoms with Gasteiger partial charge >= 0.3 is 5.97 Å². The summed E-state index contributed by atoms with van der Waals surface area (Å²) in [6.07, 6.45) is 0.702. The van der Waals surface area contributed by atoms with Crippen LogP contribution in [0.15, 0.2) is 36.4 Å². The Hall–Kier alpha value is -3.29. The molecule has 0 bridgehead atoms. The van der Waals surface area contributed by atoms with Crippen molar-refractivity contribution in [3.05, 3.63) is 59.4 Å². The quantitative estimate of drug-likeness (QED) is 0.600. The number of carbonyl (C=O) groups excluding carboxylic acids is 2. The average molecular weight is 416 g/mol. The summed E-state index contributed by atoms with van der Waals surface area (Å²) in [6, 6.07) is 7.58. The molecule has 30 heavy (non-hydrogen) atoms. The number of amides is 1. The van der Waals surface area contributed by atoms with Crippen LogP contribution in [0.1, 0.15) is 18.4 Å². The predicted octanol–water partition coefficient (Wildman–Crippen LogP) is 3.86. The third-order valence-electron chi connectivity index (χ3n) is 5.28. The summed E-state index contributed by atoms with van der Waals surface area (Å²) in [5, 5.41) is 2.76. The van der Waals surface area contributed by atoms with Gasteiger partial charge in [0, 0.05) is 24.0 Å². The van der Waals surface area contributed by atoms with Crippen molar-refractivity contribution in [3.63, 3.8) is 0 Å². The highest BCUT2D eigenvalue weighted by atomic mass is 19.1. The van der Waals surface area contributed by atoms with Crippen LogP contribution in [0, 0.1) is 23.4 Å². The molecule has 4 rings (SSSR count). The number of cyclic esters (lactones) is 1. The number of rotatable bonds is 6. The lowest BCUT2D eigenvalue weighted by Crippen LogP contribution is -2.31. The van der Waals surface area contributed by atoms with Crippen molar-refractivity contribution in [2.24, 2.45) is 5.92 Å². The number of benzene rings is 2. The number of aryl methyl sites for hydroxylation is 1. The summed E-state index contributed by atoms with van der Waals surface area (Å²) in [5.41, 5.74) is 1.42. The van der Waals surface area contributed by atoms with Gasteiger partial charge in [0.25, 0.3) is 0 Å². The molecule has 5 nitrogen and oxygen atoms in total. The molecule has 1 saturated heterocycles. The number of hydrogen-bond donors (Lipinski definition) is 2. The van der Waals surface area contributed by atoms with E-state index in [9.17, 15) is 22.8 Å². The Morgan fingerprint density at radius 3 is 2.53 bits per heavy atom. The van der Waals surface area contributed by atoms with E-state index in [-0.39, 0.29) is 48.1 Å². The van der Waals surface area contributed by atoms with Gasteiger partial charge < -0.3 is 15.0 Å². The molecule has 0 saturated carbocycles. The summed E-state index contributed by atoms with van der Waals surface area (Å²) >= 11 is 0. The number of ether oxygens (including phenoxy) is 1. The van der Waals surface area contributed by atoms with E-state index in [1.165, 1.54) is 24.3 Å². The normalized spacial score (nSPS) is 16.1. The zero-order chi connectivity index (χ0) is 21.3. The molecule has 1 aliphatic rings. The van der Waals surface area contributed by atoms with E-state index in [0.717, 1.165) is 12.1 Å². The fourth-order valence-corrected chi connectivity index (χ4v) is 3.69. The first-order valence-electron chi connectivity index (χ1n) is 9.62. The molecule has 1 fully saturated rings. The molecule has 1 unspecified atom stereocenters. The molecule has 0 aliphatic carbocycles. The summed E-state index contributed by atoms with van der Waals surface area (Å²) in [6.45, 7) is 0.528. The first-order valence-corrected chi connectivity index (χ1v) is 9.62. The minimum absolute atomic E-state index is 0.00145. The number of esters is 1. The molecule has 1 aliphatic heterocycles. The van der Waals surface area contributed by atoms with Crippen LogP contribution in [0.4, 0.5) is 13.2 Å². The van der Waals surface area contributed by atoms with Gasteiger partial charge in [0.05, 0.1) is 18.0 Å². The summed E-state index contributed by atoms with van der Waals surface area (Å²) in [4.78, 5) is 26.7. The number of aromatic amines is 1. The first kappa shape index (κ1) is 20.0. The minimum Gasteiger partial charge on any atom is -0.465 e. The van der Waals surface area contributed by atoms with Gasteiger partial charge in [-0.05, 0) is 60.4 Å². The maximum Gasteiger partial charge on any atom is 0.310 e. The van der Waals surface area contributed by atoms with Gasteiger partial charge in [-0.15, -0.1) is 0 Å². The van der Waals surface area contributed by atoms with Crippen molar-refractivity contribution in [3.8, 4) is 11.3 Å². The van der Waals surface area contributed by atoms with Crippen molar-refractivity contribution >= 4 is 22.8 Å². The van der Waals surface area contributed by atoms with Crippen LogP contribution in [-0.2, 0) is 20.7 Å². The number of halogens is 3. The average Bonchev–Trinajstić information content (AvgIpc) is 3.32. The molecule has 3 aromatic rings. The van der Waals surface area contributed by atoms with Crippen molar-refractivity contribution in [2.75, 3.05) is 13.2 Å². The van der Waals surface area contributed by atoms with Crippen molar-refractivity contribution in [1.82, 2.24) is 10.3 Å². The van der Waals surface area contributed by atoms with Gasteiger partial charge in [-0.1, -0.05) is 0 Å². The number of hydrogen-bond acceptors (Lipinski definition) is 3. The van der Waals surface area contributed by atoms with Crippen molar-refractivity contribution < 1.29 is 27.5 Å². The van der Waals surface area contributed by atoms with Gasteiger partial charge in [-0.25, -0.2) is 13.2 Å². The van der Waals surface area contributed by atoms with Gasteiger partial charge in [-0.2, -0.15) is 0 Å². The summed E-state index contributed by atoms with van der Waals surface area (Å²) < 4.78 is 47.0. The Morgan fingerprint density at radius 2 is 1.83 bits per heavy atom. The van der Waals surface area contributed by atoms with Gasteiger partial charge in [0.15, 0.2) is 0 Å². The molecule has 156 valence electrons. The molecule has 8 heteroatoms. The second-order valence-electron chi connectivity index (χ2n) is 7.22. The lowest BCUT2D eigenvalue weighted by atomic mass is 10.0. The van der Waals surface area contributed by atoms with Crippen LogP contribution in [0.2, 0.25) is 0 Å². The van der Waals surface area contributed by atoms with E-state index < -0.39 is 17.5 Å². The number of nitrogens with one attached hydrogen (secondary N) is 2. The topological polar surface area (TPSA) is 71.2 Å². The van der Waals surface area contributed by atoms with E-state index in [4.69, 9.17) is 4.74 Å². The van der Waals surface area contributed by atoms with E-state index >= 15 is 0 Å². The van der Waals surface area contributed by atoms with Crippen LogP contribution >= 0.6 is 0 Å². The lowest BCUT2D eigenvalue weighted by molar-refractivity contribution is -0.141. The lowest BCUT2D eigenvalue weighted by Gasteiger charge is -2.09. The van der Waals surface area contributed by atoms with Crippen LogP contribution in [0.3, 0.4) is 0 Å². The van der Waals surface area contributed by atoms with E-state index in [0.29, 0.717) is 29.8 Å². The zero-order valence-electron chi connectivity index (χ0n) is 15.9. The van der Waals surface area contributed by atoms with Crippen LogP contribution in [-0.4, -0.2) is 30.0 Å². The van der Waals surface area contributed by atoms with Crippen LogP contribution in [0.5, 0.6) is 0 Å². The highest BCUT2D eigenvalue weighted by molar-refractivity contribution is 5.92. The number of carbonyl (C=O) groups is 2. The maximum absolute atomic E-state index is 14.5.